The number of carbonyl (C=O) groups excluding carboxylic acids is 1. The second-order valence-corrected chi connectivity index (χ2v) is 12.2. The summed E-state index contributed by atoms with van der Waals surface area (Å²) in [6, 6.07) is 14.2. The Morgan fingerprint density at radius 2 is 1.74 bits per heavy atom. The first-order valence-corrected chi connectivity index (χ1v) is 14.7. The Bertz CT molecular complexity index is 1460. The van der Waals surface area contributed by atoms with Crippen LogP contribution in [0.15, 0.2) is 53.4 Å². The number of piperidine rings is 1. The van der Waals surface area contributed by atoms with E-state index in [1.54, 1.807) is 6.07 Å². The zero-order valence-electron chi connectivity index (χ0n) is 21.5. The van der Waals surface area contributed by atoms with Crippen LogP contribution in [0.2, 0.25) is 0 Å². The van der Waals surface area contributed by atoms with E-state index in [9.17, 15) is 23.1 Å². The SMILES string of the molecule is C[C@H](NC(=O)C1CCN(S(=O)(=O)c2ccc3nc4c(c(C(=O)O)c3c2)CCCCC4)CC1)c1ccccc1. The molecule has 1 saturated heterocycles. The Kier molecular flexibility index (Phi) is 7.49. The number of carbonyl (C=O) groups is 2. The van der Waals surface area contributed by atoms with Gasteiger partial charge in [-0.05, 0) is 74.8 Å². The lowest BCUT2D eigenvalue weighted by atomic mass is 9.96. The molecule has 1 aliphatic carbocycles. The molecule has 8 nitrogen and oxygen atoms in total. The molecule has 1 amide bonds. The van der Waals surface area contributed by atoms with Crippen molar-refractivity contribution in [1.29, 1.82) is 0 Å². The van der Waals surface area contributed by atoms with Gasteiger partial charge in [0.2, 0.25) is 15.9 Å². The number of sulfonamides is 1. The van der Waals surface area contributed by atoms with E-state index in [0.29, 0.717) is 30.2 Å². The molecule has 1 fully saturated rings. The Balaban J connectivity index is 1.34. The van der Waals surface area contributed by atoms with Crippen molar-refractivity contribution in [2.24, 2.45) is 5.92 Å². The van der Waals surface area contributed by atoms with Gasteiger partial charge in [0.25, 0.3) is 0 Å². The van der Waals surface area contributed by atoms with Gasteiger partial charge in [-0.25, -0.2) is 13.2 Å². The average molecular weight is 536 g/mol. The first-order valence-electron chi connectivity index (χ1n) is 13.3. The number of hydrogen-bond donors (Lipinski definition) is 2. The van der Waals surface area contributed by atoms with Crippen LogP contribution >= 0.6 is 0 Å². The first-order chi connectivity index (χ1) is 18.3. The van der Waals surface area contributed by atoms with E-state index >= 15 is 0 Å². The van der Waals surface area contributed by atoms with Crippen molar-refractivity contribution in [2.75, 3.05) is 13.1 Å². The van der Waals surface area contributed by atoms with Gasteiger partial charge in [-0.1, -0.05) is 36.8 Å². The second kappa shape index (κ2) is 10.8. The maximum Gasteiger partial charge on any atom is 0.336 e. The number of hydrogen-bond acceptors (Lipinski definition) is 5. The van der Waals surface area contributed by atoms with Crippen LogP contribution in [0.4, 0.5) is 0 Å². The molecule has 0 radical (unpaired) electrons. The minimum Gasteiger partial charge on any atom is -0.478 e. The Labute approximate surface area is 223 Å². The third-order valence-electron chi connectivity index (χ3n) is 7.82. The molecule has 2 N–H and O–H groups in total. The number of pyridine rings is 1. The molecule has 0 saturated carbocycles. The Morgan fingerprint density at radius 3 is 2.45 bits per heavy atom. The number of nitrogens with zero attached hydrogens (tertiary/aromatic N) is 2. The minimum atomic E-state index is -3.86. The Morgan fingerprint density at radius 1 is 1.03 bits per heavy atom. The maximum atomic E-state index is 13.6. The highest BCUT2D eigenvalue weighted by Gasteiger charge is 2.33. The van der Waals surface area contributed by atoms with E-state index in [0.717, 1.165) is 42.5 Å². The van der Waals surface area contributed by atoms with E-state index < -0.39 is 16.0 Å². The number of carboxylic acid groups (broad SMARTS) is 1. The smallest absolute Gasteiger partial charge is 0.336 e. The zero-order valence-corrected chi connectivity index (χ0v) is 22.3. The standard InChI is InChI=1S/C29H33N3O5S/c1-19(20-8-4-2-5-9-20)30-28(33)21-14-16-32(17-15-21)38(36,37)22-12-13-26-24(18-22)27(29(34)35)23-10-6-3-7-11-25(23)31-26/h2,4-5,8-9,12-13,18-19,21H,3,6-7,10-11,14-17H2,1H3,(H,30,33)(H,34,35)/t19-/m0/s1. The number of rotatable bonds is 6. The summed E-state index contributed by atoms with van der Waals surface area (Å²) in [5.41, 5.74) is 3.24. The predicted octanol–water partition coefficient (Wildman–Crippen LogP) is 4.48. The molecule has 0 bridgehead atoms. The van der Waals surface area contributed by atoms with Gasteiger partial charge in [-0.15, -0.1) is 0 Å². The van der Waals surface area contributed by atoms with Crippen molar-refractivity contribution in [2.45, 2.75) is 62.8 Å². The zero-order chi connectivity index (χ0) is 26.9. The number of benzene rings is 2. The molecule has 0 spiro atoms. The predicted molar refractivity (Wildman–Crippen MR) is 144 cm³/mol. The van der Waals surface area contributed by atoms with Crippen LogP contribution in [0.1, 0.15) is 72.2 Å². The average Bonchev–Trinajstić information content (AvgIpc) is 3.16. The van der Waals surface area contributed by atoms with Crippen molar-refractivity contribution < 1.29 is 23.1 Å². The quantitative estimate of drug-likeness (QED) is 0.450. The first kappa shape index (κ1) is 26.3. The van der Waals surface area contributed by atoms with Crippen LogP contribution in [-0.4, -0.2) is 47.8 Å². The van der Waals surface area contributed by atoms with Gasteiger partial charge in [0.05, 0.1) is 22.0 Å². The fraction of sp³-hybridized carbons (Fsp3) is 0.414. The molecule has 38 heavy (non-hydrogen) atoms. The number of aryl methyl sites for hydroxylation is 1. The summed E-state index contributed by atoms with van der Waals surface area (Å²) in [5, 5.41) is 13.5. The van der Waals surface area contributed by atoms with Gasteiger partial charge in [0.15, 0.2) is 0 Å². The number of fused-ring (bicyclic) bond motifs is 2. The number of carboxylic acids is 1. The van der Waals surface area contributed by atoms with E-state index in [-0.39, 0.29) is 41.4 Å². The van der Waals surface area contributed by atoms with E-state index in [2.05, 4.69) is 5.32 Å². The van der Waals surface area contributed by atoms with Crippen molar-refractivity contribution in [1.82, 2.24) is 14.6 Å². The molecular weight excluding hydrogens is 502 g/mol. The third-order valence-corrected chi connectivity index (χ3v) is 9.71. The molecule has 3 aromatic rings. The lowest BCUT2D eigenvalue weighted by Gasteiger charge is -2.31. The summed E-state index contributed by atoms with van der Waals surface area (Å²) in [4.78, 5) is 29.9. The highest BCUT2D eigenvalue weighted by molar-refractivity contribution is 7.89. The van der Waals surface area contributed by atoms with Crippen LogP contribution < -0.4 is 5.32 Å². The normalized spacial score (nSPS) is 17.9. The minimum absolute atomic E-state index is 0.0588. The van der Waals surface area contributed by atoms with Crippen molar-refractivity contribution in [3.63, 3.8) is 0 Å². The van der Waals surface area contributed by atoms with Gasteiger partial charge in [-0.3, -0.25) is 9.78 Å². The summed E-state index contributed by atoms with van der Waals surface area (Å²) in [6.45, 7) is 2.39. The molecular formula is C29H33N3O5S. The molecule has 2 heterocycles. The topological polar surface area (TPSA) is 117 Å². The summed E-state index contributed by atoms with van der Waals surface area (Å²) < 4.78 is 28.5. The molecule has 0 unspecified atom stereocenters. The largest absolute Gasteiger partial charge is 0.478 e. The summed E-state index contributed by atoms with van der Waals surface area (Å²) in [7, 11) is -3.86. The van der Waals surface area contributed by atoms with Crippen LogP contribution in [0.25, 0.3) is 10.9 Å². The lowest BCUT2D eigenvalue weighted by Crippen LogP contribution is -2.43. The highest BCUT2D eigenvalue weighted by Crippen LogP contribution is 2.32. The molecule has 2 aromatic carbocycles. The summed E-state index contributed by atoms with van der Waals surface area (Å²) >= 11 is 0. The molecule has 1 aliphatic heterocycles. The monoisotopic (exact) mass is 535 g/mol. The number of nitrogens with one attached hydrogen (secondary N) is 1. The van der Waals surface area contributed by atoms with Crippen LogP contribution in [0.3, 0.4) is 0 Å². The van der Waals surface area contributed by atoms with E-state index in [4.69, 9.17) is 4.98 Å². The van der Waals surface area contributed by atoms with Gasteiger partial charge in [0.1, 0.15) is 0 Å². The van der Waals surface area contributed by atoms with E-state index in [1.165, 1.54) is 16.4 Å². The molecule has 1 aromatic heterocycles. The number of amides is 1. The molecule has 9 heteroatoms. The van der Waals surface area contributed by atoms with Crippen LogP contribution in [0.5, 0.6) is 0 Å². The van der Waals surface area contributed by atoms with Crippen molar-refractivity contribution >= 4 is 32.8 Å². The molecule has 2 aliphatic rings. The van der Waals surface area contributed by atoms with Gasteiger partial charge in [-0.2, -0.15) is 4.31 Å². The Hall–Kier alpha value is -3.30. The number of aromatic carboxylic acids is 1. The second-order valence-electron chi connectivity index (χ2n) is 10.3. The number of aromatic nitrogens is 1. The van der Waals surface area contributed by atoms with Gasteiger partial charge < -0.3 is 10.4 Å². The molecule has 5 rings (SSSR count). The summed E-state index contributed by atoms with van der Waals surface area (Å²) in [5.74, 6) is -1.38. The fourth-order valence-corrected chi connectivity index (χ4v) is 7.14. The summed E-state index contributed by atoms with van der Waals surface area (Å²) in [6.07, 6.45) is 5.10. The lowest BCUT2D eigenvalue weighted by molar-refractivity contribution is -0.126. The molecule has 1 atom stereocenters. The van der Waals surface area contributed by atoms with Crippen molar-refractivity contribution in [3.05, 3.63) is 70.9 Å². The van der Waals surface area contributed by atoms with Gasteiger partial charge >= 0.3 is 5.97 Å². The van der Waals surface area contributed by atoms with Crippen LogP contribution in [0, 0.1) is 5.92 Å². The van der Waals surface area contributed by atoms with Crippen molar-refractivity contribution in [3.8, 4) is 0 Å². The molecule has 200 valence electrons. The fourth-order valence-electron chi connectivity index (χ4n) is 5.65. The highest BCUT2D eigenvalue weighted by atomic mass is 32.2. The third kappa shape index (κ3) is 5.17. The van der Waals surface area contributed by atoms with E-state index in [1.807, 2.05) is 37.3 Å². The van der Waals surface area contributed by atoms with Crippen LogP contribution in [-0.2, 0) is 27.7 Å². The maximum absolute atomic E-state index is 13.6. The van der Waals surface area contributed by atoms with Gasteiger partial charge in [0, 0.05) is 30.1 Å².